The van der Waals surface area contributed by atoms with Crippen LogP contribution in [0.2, 0.25) is 0 Å². The predicted octanol–water partition coefficient (Wildman–Crippen LogP) is 3.84. The Balaban J connectivity index is 2.34. The number of phenols is 1. The fourth-order valence-electron chi connectivity index (χ4n) is 3.81. The van der Waals surface area contributed by atoms with Crippen LogP contribution in [0.1, 0.15) is 30.5 Å². The van der Waals surface area contributed by atoms with Crippen LogP contribution in [0.5, 0.6) is 17.2 Å². The zero-order valence-electron chi connectivity index (χ0n) is 17.4. The highest BCUT2D eigenvalue weighted by Crippen LogP contribution is 2.49. The molecule has 6 nitrogen and oxygen atoms in total. The minimum absolute atomic E-state index is 0.0972. The molecule has 2 aromatic carbocycles. The van der Waals surface area contributed by atoms with Crippen molar-refractivity contribution in [2.75, 3.05) is 20.5 Å². The van der Waals surface area contributed by atoms with Gasteiger partial charge < -0.3 is 19.9 Å². The van der Waals surface area contributed by atoms with Crippen LogP contribution in [0.15, 0.2) is 46.1 Å². The molecule has 0 heterocycles. The van der Waals surface area contributed by atoms with Crippen molar-refractivity contribution >= 4 is 17.7 Å². The highest BCUT2D eigenvalue weighted by molar-refractivity contribution is 7.98. The summed E-state index contributed by atoms with van der Waals surface area (Å²) >= 11 is 1.36. The van der Waals surface area contributed by atoms with Gasteiger partial charge in [-0.1, -0.05) is 12.1 Å². The third-order valence-corrected chi connectivity index (χ3v) is 5.95. The van der Waals surface area contributed by atoms with E-state index in [4.69, 9.17) is 9.47 Å². The van der Waals surface area contributed by atoms with Crippen LogP contribution >= 0.6 is 11.8 Å². The fraction of sp³-hybridized carbons (Fsp3) is 0.304. The van der Waals surface area contributed by atoms with Crippen molar-refractivity contribution in [3.8, 4) is 28.4 Å². The Kier molecular flexibility index (Phi) is 6.72. The van der Waals surface area contributed by atoms with Gasteiger partial charge in [-0.3, -0.25) is 9.59 Å². The maximum Gasteiger partial charge on any atom is 0.244 e. The maximum absolute atomic E-state index is 12.8. The molecule has 0 saturated carbocycles. The van der Waals surface area contributed by atoms with Crippen LogP contribution < -0.4 is 20.2 Å². The van der Waals surface area contributed by atoms with E-state index in [-0.39, 0.29) is 28.9 Å². The number of nitrogens with one attached hydrogen (secondary N) is 1. The van der Waals surface area contributed by atoms with Crippen molar-refractivity contribution in [3.63, 3.8) is 0 Å². The molecule has 1 aliphatic carbocycles. The zero-order chi connectivity index (χ0) is 21.8. The third kappa shape index (κ3) is 4.03. The zero-order valence-corrected chi connectivity index (χ0v) is 18.3. The molecule has 0 bridgehead atoms. The molecule has 1 amide bonds. The number of hydrogen-bond acceptors (Lipinski definition) is 6. The quantitative estimate of drug-likeness (QED) is 0.557. The summed E-state index contributed by atoms with van der Waals surface area (Å²) in [5, 5.41) is 13.7. The molecule has 2 aromatic rings. The van der Waals surface area contributed by atoms with Crippen molar-refractivity contribution < 1.29 is 19.4 Å². The number of methoxy groups -OCH3 is 2. The minimum atomic E-state index is -0.372. The Morgan fingerprint density at radius 1 is 1.27 bits per heavy atom. The normalized spacial score (nSPS) is 15.1. The Morgan fingerprint density at radius 2 is 2.03 bits per heavy atom. The summed E-state index contributed by atoms with van der Waals surface area (Å²) < 4.78 is 10.9. The van der Waals surface area contributed by atoms with E-state index in [0.29, 0.717) is 34.6 Å². The van der Waals surface area contributed by atoms with Gasteiger partial charge in [0.2, 0.25) is 11.7 Å². The second-order valence-electron chi connectivity index (χ2n) is 6.87. The van der Waals surface area contributed by atoms with Crippen molar-refractivity contribution in [3.05, 3.63) is 57.8 Å². The van der Waals surface area contributed by atoms with Crippen LogP contribution in [0.25, 0.3) is 11.1 Å². The Morgan fingerprint density at radius 3 is 2.67 bits per heavy atom. The molecular formula is C23H25NO5S. The number of carbonyl (C=O) groups excluding carboxylic acids is 1. The van der Waals surface area contributed by atoms with Gasteiger partial charge >= 0.3 is 0 Å². The lowest BCUT2D eigenvalue weighted by molar-refractivity contribution is -0.117. The number of amides is 1. The molecule has 0 aromatic heterocycles. The van der Waals surface area contributed by atoms with E-state index in [1.807, 2.05) is 12.3 Å². The summed E-state index contributed by atoms with van der Waals surface area (Å²) in [6.07, 6.45) is 6.16. The fourth-order valence-corrected chi connectivity index (χ4v) is 4.27. The van der Waals surface area contributed by atoms with Crippen molar-refractivity contribution in [2.24, 2.45) is 0 Å². The molecule has 0 aliphatic heterocycles. The van der Waals surface area contributed by atoms with Gasteiger partial charge in [-0.25, -0.2) is 0 Å². The summed E-state index contributed by atoms with van der Waals surface area (Å²) in [6, 6.07) is 6.62. The van der Waals surface area contributed by atoms with Gasteiger partial charge in [0.1, 0.15) is 0 Å². The molecule has 7 heteroatoms. The van der Waals surface area contributed by atoms with Crippen LogP contribution in [-0.2, 0) is 11.2 Å². The highest BCUT2D eigenvalue weighted by atomic mass is 32.2. The number of allylic oxidation sites excluding steroid dienone is 1. The van der Waals surface area contributed by atoms with E-state index in [1.54, 1.807) is 31.2 Å². The van der Waals surface area contributed by atoms with Crippen molar-refractivity contribution in [1.29, 1.82) is 0 Å². The van der Waals surface area contributed by atoms with Gasteiger partial charge in [0.05, 0.1) is 25.2 Å². The number of carbonyl (C=O) groups is 1. The van der Waals surface area contributed by atoms with Crippen molar-refractivity contribution in [1.82, 2.24) is 5.32 Å². The van der Waals surface area contributed by atoms with Gasteiger partial charge in [0.25, 0.3) is 0 Å². The lowest BCUT2D eigenvalue weighted by Crippen LogP contribution is -2.27. The number of thioether (sulfide) groups is 1. The van der Waals surface area contributed by atoms with Gasteiger partial charge in [0.15, 0.2) is 16.9 Å². The van der Waals surface area contributed by atoms with E-state index in [9.17, 15) is 14.7 Å². The summed E-state index contributed by atoms with van der Waals surface area (Å²) in [7, 11) is 2.97. The average molecular weight is 428 g/mol. The largest absolute Gasteiger partial charge is 0.502 e. The third-order valence-electron chi connectivity index (χ3n) is 5.17. The minimum Gasteiger partial charge on any atom is -0.502 e. The predicted molar refractivity (Wildman–Crippen MR) is 119 cm³/mol. The standard InChI is InChI=1S/C23H25NO5S/c1-5-6-20(26)24-16-9-7-13-11-18(28-2)22(27)23(29-3)21(13)14-8-10-19(30-4)17(25)12-15(14)16/h5-6,8,10-12,16,27H,7,9H2,1-4H3,(H,24,26)/t16-/m0/s1. The smallest absolute Gasteiger partial charge is 0.244 e. The number of aryl methyl sites for hydroxylation is 1. The van der Waals surface area contributed by atoms with Gasteiger partial charge in [-0.15, -0.1) is 11.8 Å². The first-order chi connectivity index (χ1) is 14.4. The van der Waals surface area contributed by atoms with Crippen molar-refractivity contribution in [2.45, 2.75) is 30.7 Å². The van der Waals surface area contributed by atoms with E-state index in [1.165, 1.54) is 32.1 Å². The topological polar surface area (TPSA) is 84.9 Å². The first-order valence-corrected chi connectivity index (χ1v) is 10.8. The van der Waals surface area contributed by atoms with E-state index < -0.39 is 0 Å². The van der Waals surface area contributed by atoms with E-state index in [0.717, 1.165) is 11.1 Å². The molecular weight excluding hydrogens is 402 g/mol. The molecule has 3 rings (SSSR count). The lowest BCUT2D eigenvalue weighted by atomic mass is 9.95. The van der Waals surface area contributed by atoms with Gasteiger partial charge in [-0.05, 0) is 67.0 Å². The summed E-state index contributed by atoms with van der Waals surface area (Å²) in [5.41, 5.74) is 2.93. The Hall–Kier alpha value is -2.93. The monoisotopic (exact) mass is 427 g/mol. The number of hydrogen-bond donors (Lipinski definition) is 2. The van der Waals surface area contributed by atoms with Crippen LogP contribution in [0.3, 0.4) is 0 Å². The molecule has 1 atom stereocenters. The Bertz CT molecular complexity index is 1060. The second kappa shape index (κ2) is 9.26. The number of ether oxygens (including phenoxy) is 2. The van der Waals surface area contributed by atoms with E-state index >= 15 is 0 Å². The molecule has 0 radical (unpaired) electrons. The van der Waals surface area contributed by atoms with Crippen LogP contribution in [-0.4, -0.2) is 31.5 Å². The first kappa shape index (κ1) is 21.8. The molecule has 1 aliphatic rings. The molecule has 0 fully saturated rings. The molecule has 158 valence electrons. The summed E-state index contributed by atoms with van der Waals surface area (Å²) in [4.78, 5) is 25.7. The SMILES string of the molecule is CC=CC(=O)N[C@H]1CCc2cc(OC)c(O)c(OC)c2-c2ccc(SC)c(=O)cc21. The number of fused-ring (bicyclic) bond motifs is 3. The molecule has 0 unspecified atom stereocenters. The first-order valence-electron chi connectivity index (χ1n) is 9.57. The summed E-state index contributed by atoms with van der Waals surface area (Å²) in [5.74, 6) is 0.282. The number of benzene rings is 1. The number of phenolic OH excluding ortho intramolecular Hbond substituents is 1. The molecule has 0 saturated heterocycles. The highest BCUT2D eigenvalue weighted by Gasteiger charge is 2.29. The number of aromatic hydroxyl groups is 1. The molecule has 0 spiro atoms. The average Bonchev–Trinajstić information content (AvgIpc) is 2.97. The van der Waals surface area contributed by atoms with E-state index in [2.05, 4.69) is 5.32 Å². The van der Waals surface area contributed by atoms with Crippen LogP contribution in [0.4, 0.5) is 0 Å². The van der Waals surface area contributed by atoms with Crippen LogP contribution in [0, 0.1) is 0 Å². The summed E-state index contributed by atoms with van der Waals surface area (Å²) in [6.45, 7) is 1.77. The van der Waals surface area contributed by atoms with Gasteiger partial charge in [-0.2, -0.15) is 0 Å². The molecule has 2 N–H and O–H groups in total. The lowest BCUT2D eigenvalue weighted by Gasteiger charge is -2.18. The Labute approximate surface area is 179 Å². The van der Waals surface area contributed by atoms with Gasteiger partial charge in [0, 0.05) is 5.56 Å². The molecule has 30 heavy (non-hydrogen) atoms. The second-order valence-corrected chi connectivity index (χ2v) is 7.72. The maximum atomic E-state index is 12.8. The number of rotatable bonds is 5.